The van der Waals surface area contributed by atoms with Crippen molar-refractivity contribution < 1.29 is 5.11 Å². The fourth-order valence-corrected chi connectivity index (χ4v) is 2.32. The van der Waals surface area contributed by atoms with Crippen molar-refractivity contribution in [2.75, 3.05) is 0 Å². The molecule has 3 heteroatoms. The zero-order valence-electron chi connectivity index (χ0n) is 9.13. The van der Waals surface area contributed by atoms with E-state index in [4.69, 9.17) is 5.26 Å². The highest BCUT2D eigenvalue weighted by atomic mass is 32.2. The van der Waals surface area contributed by atoms with Crippen LogP contribution in [0.1, 0.15) is 11.1 Å². The number of phenols is 1. The van der Waals surface area contributed by atoms with Crippen molar-refractivity contribution in [3.05, 3.63) is 59.7 Å². The Balaban J connectivity index is 2.00. The molecule has 2 aromatic carbocycles. The van der Waals surface area contributed by atoms with E-state index in [2.05, 4.69) is 6.07 Å². The maximum Gasteiger partial charge on any atom is 0.116 e. The molecule has 17 heavy (non-hydrogen) atoms. The second-order valence-electron chi connectivity index (χ2n) is 3.59. The van der Waals surface area contributed by atoms with Gasteiger partial charge < -0.3 is 5.11 Å². The van der Waals surface area contributed by atoms with Crippen molar-refractivity contribution >= 4 is 11.8 Å². The molecule has 2 nitrogen and oxygen atoms in total. The molecule has 0 heterocycles. The van der Waals surface area contributed by atoms with Gasteiger partial charge in [-0.15, -0.1) is 11.8 Å². The van der Waals surface area contributed by atoms with Crippen molar-refractivity contribution in [2.45, 2.75) is 10.6 Å². The lowest BCUT2D eigenvalue weighted by Gasteiger charge is -2.02. The second-order valence-corrected chi connectivity index (χ2v) is 4.64. The van der Waals surface area contributed by atoms with Crippen molar-refractivity contribution in [1.82, 2.24) is 0 Å². The highest BCUT2D eigenvalue weighted by molar-refractivity contribution is 7.98. The van der Waals surface area contributed by atoms with Gasteiger partial charge in [0.1, 0.15) is 5.75 Å². The van der Waals surface area contributed by atoms with Crippen LogP contribution < -0.4 is 0 Å². The second kappa shape index (κ2) is 5.42. The van der Waals surface area contributed by atoms with E-state index in [1.54, 1.807) is 23.9 Å². The van der Waals surface area contributed by atoms with Gasteiger partial charge in [-0.3, -0.25) is 0 Å². The molecule has 2 aromatic rings. The molecular formula is C14H11NOS. The summed E-state index contributed by atoms with van der Waals surface area (Å²) in [5.74, 6) is 1.12. The minimum atomic E-state index is 0.287. The van der Waals surface area contributed by atoms with Crippen LogP contribution in [-0.4, -0.2) is 5.11 Å². The van der Waals surface area contributed by atoms with Gasteiger partial charge in [0, 0.05) is 10.6 Å². The smallest absolute Gasteiger partial charge is 0.116 e. The van der Waals surface area contributed by atoms with Crippen LogP contribution in [0.4, 0.5) is 0 Å². The fourth-order valence-electron chi connectivity index (χ4n) is 1.42. The minimum absolute atomic E-state index is 0.287. The molecule has 1 N–H and O–H groups in total. The number of thioether (sulfide) groups is 1. The van der Waals surface area contributed by atoms with Crippen LogP contribution in [0.15, 0.2) is 53.4 Å². The van der Waals surface area contributed by atoms with E-state index in [0.29, 0.717) is 5.56 Å². The SMILES string of the molecule is N#Cc1ccc(CSc2cccc(O)c2)cc1. The highest BCUT2D eigenvalue weighted by Crippen LogP contribution is 2.25. The molecule has 0 aromatic heterocycles. The van der Waals surface area contributed by atoms with Crippen molar-refractivity contribution in [3.8, 4) is 11.8 Å². The van der Waals surface area contributed by atoms with Gasteiger partial charge in [0.25, 0.3) is 0 Å². The number of phenolic OH excluding ortho intramolecular Hbond substituents is 1. The Morgan fingerprint density at radius 3 is 2.53 bits per heavy atom. The molecule has 0 aliphatic rings. The molecule has 0 radical (unpaired) electrons. The average Bonchev–Trinajstić information content (AvgIpc) is 2.37. The van der Waals surface area contributed by atoms with Crippen LogP contribution >= 0.6 is 11.8 Å². The normalized spacial score (nSPS) is 9.82. The maximum absolute atomic E-state index is 9.33. The predicted octanol–water partition coefficient (Wildman–Crippen LogP) is 3.56. The molecule has 0 unspecified atom stereocenters. The zero-order valence-corrected chi connectivity index (χ0v) is 9.95. The van der Waals surface area contributed by atoms with Crippen LogP contribution in [0.5, 0.6) is 5.75 Å². The number of aromatic hydroxyl groups is 1. The number of rotatable bonds is 3. The van der Waals surface area contributed by atoms with Crippen molar-refractivity contribution in [2.24, 2.45) is 0 Å². The standard InChI is InChI=1S/C14H11NOS/c15-9-11-4-6-12(7-5-11)10-17-14-3-1-2-13(16)8-14/h1-8,16H,10H2. The molecule has 0 saturated carbocycles. The van der Waals surface area contributed by atoms with Crippen LogP contribution in [0.25, 0.3) is 0 Å². The Kier molecular flexibility index (Phi) is 3.69. The predicted molar refractivity (Wildman–Crippen MR) is 68.8 cm³/mol. The van der Waals surface area contributed by atoms with E-state index in [9.17, 15) is 5.11 Å². The van der Waals surface area contributed by atoms with Crippen LogP contribution in [0.3, 0.4) is 0 Å². The molecule has 0 saturated heterocycles. The summed E-state index contributed by atoms with van der Waals surface area (Å²) in [5.41, 5.74) is 1.84. The molecule has 2 rings (SSSR count). The quantitative estimate of drug-likeness (QED) is 0.836. The average molecular weight is 241 g/mol. The summed E-state index contributed by atoms with van der Waals surface area (Å²) in [6, 6.07) is 16.8. The van der Waals surface area contributed by atoms with Crippen molar-refractivity contribution in [1.29, 1.82) is 5.26 Å². The molecule has 0 fully saturated rings. The first-order valence-corrected chi connectivity index (χ1v) is 6.17. The van der Waals surface area contributed by atoms with Crippen molar-refractivity contribution in [3.63, 3.8) is 0 Å². The Labute approximate surface area is 105 Å². The molecule has 0 aliphatic carbocycles. The number of benzene rings is 2. The lowest BCUT2D eigenvalue weighted by molar-refractivity contribution is 0.474. The maximum atomic E-state index is 9.33. The summed E-state index contributed by atoms with van der Waals surface area (Å²) < 4.78 is 0. The van der Waals surface area contributed by atoms with E-state index in [1.807, 2.05) is 36.4 Å². The first-order chi connectivity index (χ1) is 8.28. The third kappa shape index (κ3) is 3.27. The van der Waals surface area contributed by atoms with E-state index < -0.39 is 0 Å². The summed E-state index contributed by atoms with van der Waals surface area (Å²) in [6.07, 6.45) is 0. The number of hydrogen-bond acceptors (Lipinski definition) is 3. The van der Waals surface area contributed by atoms with E-state index in [1.165, 1.54) is 0 Å². The van der Waals surface area contributed by atoms with Gasteiger partial charge in [-0.2, -0.15) is 5.26 Å². The molecule has 0 spiro atoms. The molecule has 0 aliphatic heterocycles. The summed E-state index contributed by atoms with van der Waals surface area (Å²) in [6.45, 7) is 0. The summed E-state index contributed by atoms with van der Waals surface area (Å²) in [4.78, 5) is 1.04. The molecule has 0 bridgehead atoms. The Bertz CT molecular complexity index is 543. The van der Waals surface area contributed by atoms with Crippen LogP contribution in [-0.2, 0) is 5.75 Å². The van der Waals surface area contributed by atoms with Gasteiger partial charge in [0.05, 0.1) is 11.6 Å². The fraction of sp³-hybridized carbons (Fsp3) is 0.0714. The lowest BCUT2D eigenvalue weighted by Crippen LogP contribution is -1.81. The van der Waals surface area contributed by atoms with Gasteiger partial charge in [-0.05, 0) is 35.9 Å². The largest absolute Gasteiger partial charge is 0.508 e. The highest BCUT2D eigenvalue weighted by Gasteiger charge is 1.98. The van der Waals surface area contributed by atoms with Gasteiger partial charge in [-0.25, -0.2) is 0 Å². The Morgan fingerprint density at radius 1 is 1.12 bits per heavy atom. The number of nitriles is 1. The first-order valence-electron chi connectivity index (χ1n) is 5.19. The van der Waals surface area contributed by atoms with E-state index >= 15 is 0 Å². The third-order valence-corrected chi connectivity index (χ3v) is 3.37. The van der Waals surface area contributed by atoms with E-state index in [-0.39, 0.29) is 5.75 Å². The van der Waals surface area contributed by atoms with Gasteiger partial charge in [-0.1, -0.05) is 18.2 Å². The molecule has 0 atom stereocenters. The summed E-state index contributed by atoms with van der Waals surface area (Å²) >= 11 is 1.66. The first kappa shape index (κ1) is 11.6. The summed E-state index contributed by atoms with van der Waals surface area (Å²) in [5, 5.41) is 18.0. The lowest BCUT2D eigenvalue weighted by atomic mass is 10.2. The molecular weight excluding hydrogens is 230 g/mol. The van der Waals surface area contributed by atoms with Gasteiger partial charge in [0.15, 0.2) is 0 Å². The Morgan fingerprint density at radius 2 is 1.88 bits per heavy atom. The Hall–Kier alpha value is -1.92. The van der Waals surface area contributed by atoms with Crippen LogP contribution in [0, 0.1) is 11.3 Å². The monoisotopic (exact) mass is 241 g/mol. The third-order valence-electron chi connectivity index (χ3n) is 2.31. The van der Waals surface area contributed by atoms with E-state index in [0.717, 1.165) is 16.2 Å². The zero-order chi connectivity index (χ0) is 12.1. The molecule has 84 valence electrons. The van der Waals surface area contributed by atoms with Gasteiger partial charge >= 0.3 is 0 Å². The topological polar surface area (TPSA) is 44.0 Å². The number of hydrogen-bond donors (Lipinski definition) is 1. The van der Waals surface area contributed by atoms with Gasteiger partial charge in [0.2, 0.25) is 0 Å². The summed E-state index contributed by atoms with van der Waals surface area (Å²) in [7, 11) is 0. The minimum Gasteiger partial charge on any atom is -0.508 e. The molecule has 0 amide bonds. The number of nitrogens with zero attached hydrogens (tertiary/aromatic N) is 1. The van der Waals surface area contributed by atoms with Crippen LogP contribution in [0.2, 0.25) is 0 Å².